The molecule has 4 heteroatoms. The van der Waals surface area contributed by atoms with Gasteiger partial charge >= 0.3 is 0 Å². The van der Waals surface area contributed by atoms with Crippen LogP contribution in [0.5, 0.6) is 0 Å². The normalized spacial score (nSPS) is 28.6. The van der Waals surface area contributed by atoms with Crippen LogP contribution in [0.25, 0.3) is 0 Å². The average Bonchev–Trinajstić information content (AvgIpc) is 3.12. The van der Waals surface area contributed by atoms with Crippen LogP contribution in [0.15, 0.2) is 24.3 Å². The van der Waals surface area contributed by atoms with Gasteiger partial charge in [-0.3, -0.25) is 4.79 Å². The molecule has 0 aliphatic carbocycles. The monoisotopic (exact) mass is 343 g/mol. The molecule has 1 amide bonds. The number of carbonyl (C=O) groups is 1. The molecular formula is C21H33N3O+2. The Hall–Kier alpha value is -1.39. The molecule has 0 aromatic heterocycles. The third-order valence-electron chi connectivity index (χ3n) is 6.84. The lowest BCUT2D eigenvalue weighted by atomic mass is 9.98. The summed E-state index contributed by atoms with van der Waals surface area (Å²) < 4.78 is 0. The van der Waals surface area contributed by atoms with Gasteiger partial charge in [-0.05, 0) is 44.2 Å². The van der Waals surface area contributed by atoms with Crippen molar-refractivity contribution in [2.45, 2.75) is 57.5 Å². The molecule has 4 nitrogen and oxygen atoms in total. The van der Waals surface area contributed by atoms with Crippen molar-refractivity contribution in [2.24, 2.45) is 0 Å². The molecule has 2 N–H and O–H groups in total. The van der Waals surface area contributed by atoms with Crippen molar-refractivity contribution in [2.75, 3.05) is 37.6 Å². The largest absolute Gasteiger partial charge is 0.332 e. The van der Waals surface area contributed by atoms with Crippen molar-refractivity contribution in [3.05, 3.63) is 29.8 Å². The Morgan fingerprint density at radius 3 is 2.56 bits per heavy atom. The molecule has 0 saturated carbocycles. The van der Waals surface area contributed by atoms with Crippen molar-refractivity contribution < 1.29 is 14.6 Å². The Morgan fingerprint density at radius 2 is 1.80 bits per heavy atom. The van der Waals surface area contributed by atoms with E-state index in [1.54, 1.807) is 0 Å². The number of benzene rings is 1. The highest BCUT2D eigenvalue weighted by atomic mass is 16.2. The van der Waals surface area contributed by atoms with Crippen LogP contribution in [0.1, 0.15) is 44.6 Å². The maximum Gasteiger partial charge on any atom is 0.284 e. The lowest BCUT2D eigenvalue weighted by molar-refractivity contribution is -0.965. The smallest absolute Gasteiger partial charge is 0.284 e. The zero-order chi connectivity index (χ0) is 17.2. The summed E-state index contributed by atoms with van der Waals surface area (Å²) >= 11 is 0. The summed E-state index contributed by atoms with van der Waals surface area (Å²) in [4.78, 5) is 18.5. The van der Waals surface area contributed by atoms with E-state index in [1.165, 1.54) is 55.7 Å². The molecule has 1 aromatic rings. The van der Waals surface area contributed by atoms with Crippen molar-refractivity contribution in [1.82, 2.24) is 0 Å². The summed E-state index contributed by atoms with van der Waals surface area (Å²) in [6.07, 6.45) is 7.83. The number of amides is 1. The van der Waals surface area contributed by atoms with E-state index < -0.39 is 0 Å². The van der Waals surface area contributed by atoms with Crippen LogP contribution in [0.2, 0.25) is 0 Å². The molecule has 0 radical (unpaired) electrons. The van der Waals surface area contributed by atoms with E-state index in [4.69, 9.17) is 0 Å². The molecule has 3 heterocycles. The van der Waals surface area contributed by atoms with Gasteiger partial charge in [-0.25, -0.2) is 0 Å². The molecule has 0 unspecified atom stereocenters. The molecule has 1 atom stereocenters. The molecule has 3 aliphatic heterocycles. The predicted octanol–water partition coefficient (Wildman–Crippen LogP) is 0.0803. The summed E-state index contributed by atoms with van der Waals surface area (Å²) in [6.45, 7) is 8.08. The summed E-state index contributed by atoms with van der Waals surface area (Å²) in [7, 11) is 0. The van der Waals surface area contributed by atoms with Crippen molar-refractivity contribution >= 4 is 11.6 Å². The van der Waals surface area contributed by atoms with Gasteiger partial charge in [0.05, 0.1) is 32.2 Å². The Bertz CT molecular complexity index is 603. The van der Waals surface area contributed by atoms with Gasteiger partial charge in [0.25, 0.3) is 5.91 Å². The lowest BCUT2D eigenvalue weighted by Gasteiger charge is -2.38. The minimum absolute atomic E-state index is 0.0865. The van der Waals surface area contributed by atoms with Gasteiger partial charge in [-0.1, -0.05) is 18.2 Å². The van der Waals surface area contributed by atoms with E-state index in [0.717, 1.165) is 37.8 Å². The number of fused-ring (bicyclic) bond motifs is 1. The first kappa shape index (κ1) is 17.0. The minimum Gasteiger partial charge on any atom is -0.332 e. The summed E-state index contributed by atoms with van der Waals surface area (Å²) in [5.74, 6) is 0.323. The number of hydrogen-bond acceptors (Lipinski definition) is 1. The number of rotatable bonds is 3. The van der Waals surface area contributed by atoms with E-state index >= 15 is 0 Å². The topological polar surface area (TPSA) is 29.2 Å². The van der Waals surface area contributed by atoms with Crippen LogP contribution in [0, 0.1) is 0 Å². The fraction of sp³-hybridized carbons (Fsp3) is 0.667. The fourth-order valence-corrected chi connectivity index (χ4v) is 5.22. The number of anilines is 1. The van der Waals surface area contributed by atoms with Gasteiger partial charge in [0, 0.05) is 25.1 Å². The van der Waals surface area contributed by atoms with Gasteiger partial charge in [0.15, 0.2) is 6.04 Å². The number of hydrogen-bond donors (Lipinski definition) is 2. The number of quaternary nitrogens is 2. The first-order valence-corrected chi connectivity index (χ1v) is 10.3. The van der Waals surface area contributed by atoms with Gasteiger partial charge in [-0.2, -0.15) is 0 Å². The van der Waals surface area contributed by atoms with Gasteiger partial charge in [-0.15, -0.1) is 0 Å². The second-order valence-electron chi connectivity index (χ2n) is 8.24. The summed E-state index contributed by atoms with van der Waals surface area (Å²) in [6, 6.07) is 9.33. The quantitative estimate of drug-likeness (QED) is 0.800. The number of piperidine rings is 2. The average molecular weight is 344 g/mol. The third kappa shape index (κ3) is 3.47. The highest BCUT2D eigenvalue weighted by Gasteiger charge is 2.37. The van der Waals surface area contributed by atoms with Crippen molar-refractivity contribution in [3.8, 4) is 0 Å². The lowest BCUT2D eigenvalue weighted by Crippen LogP contribution is -3.22. The SMILES string of the molecule is C[C@@H](C(=O)N1CCc2ccccc21)[NH+]1CCC([NH+]2CCCCC2)CC1. The molecule has 3 aliphatic rings. The molecule has 25 heavy (non-hydrogen) atoms. The van der Waals surface area contributed by atoms with E-state index in [9.17, 15) is 4.79 Å². The minimum atomic E-state index is 0.0865. The van der Waals surface area contributed by atoms with Crippen molar-refractivity contribution in [1.29, 1.82) is 0 Å². The highest BCUT2D eigenvalue weighted by Crippen LogP contribution is 2.27. The molecule has 4 rings (SSSR count). The number of carbonyl (C=O) groups excluding carboxylic acids is 1. The second-order valence-corrected chi connectivity index (χ2v) is 8.24. The maximum atomic E-state index is 13.1. The van der Waals surface area contributed by atoms with Crippen LogP contribution in [0.3, 0.4) is 0 Å². The molecule has 2 fully saturated rings. The predicted molar refractivity (Wildman–Crippen MR) is 100 cm³/mol. The zero-order valence-electron chi connectivity index (χ0n) is 15.6. The van der Waals surface area contributed by atoms with Crippen LogP contribution in [-0.2, 0) is 11.2 Å². The number of likely N-dealkylation sites (tertiary alicyclic amines) is 2. The second kappa shape index (κ2) is 7.46. The van der Waals surface area contributed by atoms with E-state index in [1.807, 2.05) is 9.80 Å². The Kier molecular flexibility index (Phi) is 5.09. The zero-order valence-corrected chi connectivity index (χ0v) is 15.6. The standard InChI is InChI=1S/C21H31N3O/c1-17(21(25)24-16-9-18-7-3-4-8-20(18)24)22-14-10-19(11-15-22)23-12-5-2-6-13-23/h3-4,7-8,17,19H,2,5-6,9-16H2,1H3/p+2/t17-/m0/s1. The molecule has 0 bridgehead atoms. The Labute approximate surface area is 151 Å². The van der Waals surface area contributed by atoms with E-state index in [0.29, 0.717) is 5.91 Å². The third-order valence-corrected chi connectivity index (χ3v) is 6.84. The first-order chi connectivity index (χ1) is 12.2. The van der Waals surface area contributed by atoms with E-state index in [2.05, 4.69) is 31.2 Å². The number of nitrogens with one attached hydrogen (secondary N) is 2. The summed E-state index contributed by atoms with van der Waals surface area (Å²) in [5, 5.41) is 0. The van der Waals surface area contributed by atoms with Gasteiger partial charge in [0.1, 0.15) is 0 Å². The molecule has 2 saturated heterocycles. The van der Waals surface area contributed by atoms with Crippen LogP contribution in [-0.4, -0.2) is 50.7 Å². The summed E-state index contributed by atoms with van der Waals surface area (Å²) in [5.41, 5.74) is 2.47. The number of nitrogens with zero attached hydrogens (tertiary/aromatic N) is 1. The fourth-order valence-electron chi connectivity index (χ4n) is 5.22. The van der Waals surface area contributed by atoms with Crippen LogP contribution in [0.4, 0.5) is 5.69 Å². The Morgan fingerprint density at radius 1 is 1.08 bits per heavy atom. The van der Waals surface area contributed by atoms with Gasteiger partial charge < -0.3 is 14.7 Å². The number of para-hydroxylation sites is 1. The first-order valence-electron chi connectivity index (χ1n) is 10.3. The van der Waals surface area contributed by atoms with E-state index in [-0.39, 0.29) is 6.04 Å². The van der Waals surface area contributed by atoms with Crippen LogP contribution >= 0.6 is 0 Å². The highest BCUT2D eigenvalue weighted by molar-refractivity contribution is 5.97. The van der Waals surface area contributed by atoms with Crippen LogP contribution < -0.4 is 14.7 Å². The maximum absolute atomic E-state index is 13.1. The Balaban J connectivity index is 1.34. The van der Waals surface area contributed by atoms with Crippen molar-refractivity contribution in [3.63, 3.8) is 0 Å². The molecule has 0 spiro atoms. The molecular weight excluding hydrogens is 310 g/mol. The molecule has 136 valence electrons. The van der Waals surface area contributed by atoms with Gasteiger partial charge in [0.2, 0.25) is 0 Å². The molecule has 1 aromatic carbocycles.